The van der Waals surface area contributed by atoms with Crippen LogP contribution in [0.15, 0.2) is 18.5 Å². The zero-order valence-electron chi connectivity index (χ0n) is 10.4. The summed E-state index contributed by atoms with van der Waals surface area (Å²) in [6, 6.07) is 2.86. The number of rotatable bonds is 3. The molecule has 1 aromatic rings. The van der Waals surface area contributed by atoms with Gasteiger partial charge in [-0.05, 0) is 24.8 Å². The molecule has 1 aliphatic rings. The molecule has 3 heteroatoms. The van der Waals surface area contributed by atoms with Crippen LogP contribution in [0.3, 0.4) is 0 Å². The fourth-order valence-corrected chi connectivity index (χ4v) is 2.53. The Morgan fingerprint density at radius 1 is 1.44 bits per heavy atom. The van der Waals surface area contributed by atoms with Crippen LogP contribution in [0.5, 0.6) is 0 Å². The average molecular weight is 219 g/mol. The second-order valence-electron chi connectivity index (χ2n) is 4.83. The first-order valence-electron chi connectivity index (χ1n) is 6.12. The van der Waals surface area contributed by atoms with Crippen molar-refractivity contribution in [3.8, 4) is 0 Å². The summed E-state index contributed by atoms with van der Waals surface area (Å²) in [5.74, 6) is 0.709. The lowest BCUT2D eigenvalue weighted by molar-refractivity contribution is 0.491. The Kier molecular flexibility index (Phi) is 3.32. The molecule has 0 bridgehead atoms. The van der Waals surface area contributed by atoms with Gasteiger partial charge >= 0.3 is 0 Å². The molecule has 16 heavy (non-hydrogen) atoms. The lowest BCUT2D eigenvalue weighted by Crippen LogP contribution is -2.33. The van der Waals surface area contributed by atoms with Crippen LogP contribution in [0.25, 0.3) is 0 Å². The van der Waals surface area contributed by atoms with E-state index in [0.717, 1.165) is 12.2 Å². The predicted octanol–water partition coefficient (Wildman–Crippen LogP) is 2.75. The standard InChI is InChI=1S/C13H21N3/c1-10(2)13-5-4-6-16(13)12-7-11(14-3)8-15-9-12/h7-10,13-14H,4-6H2,1-3H3. The van der Waals surface area contributed by atoms with Crippen molar-refractivity contribution in [3.05, 3.63) is 18.5 Å². The van der Waals surface area contributed by atoms with Crippen molar-refractivity contribution in [2.45, 2.75) is 32.7 Å². The first-order chi connectivity index (χ1) is 7.72. The monoisotopic (exact) mass is 219 g/mol. The summed E-state index contributed by atoms with van der Waals surface area (Å²) < 4.78 is 0. The molecule has 1 aliphatic heterocycles. The van der Waals surface area contributed by atoms with Crippen LogP contribution in [0, 0.1) is 5.92 Å². The van der Waals surface area contributed by atoms with Crippen LogP contribution in [0.2, 0.25) is 0 Å². The number of aromatic nitrogens is 1. The predicted molar refractivity (Wildman–Crippen MR) is 69.0 cm³/mol. The molecule has 1 saturated heterocycles. The molecule has 0 spiro atoms. The van der Waals surface area contributed by atoms with E-state index in [4.69, 9.17) is 0 Å². The van der Waals surface area contributed by atoms with E-state index in [0.29, 0.717) is 12.0 Å². The minimum absolute atomic E-state index is 0.675. The molecule has 0 saturated carbocycles. The number of nitrogens with zero attached hydrogens (tertiary/aromatic N) is 2. The smallest absolute Gasteiger partial charge is 0.0576 e. The van der Waals surface area contributed by atoms with Gasteiger partial charge in [-0.2, -0.15) is 0 Å². The average Bonchev–Trinajstić information content (AvgIpc) is 2.78. The molecule has 0 aromatic carbocycles. The molecule has 1 fully saturated rings. The van der Waals surface area contributed by atoms with Crippen LogP contribution in [-0.4, -0.2) is 24.6 Å². The van der Waals surface area contributed by atoms with Gasteiger partial charge in [-0.3, -0.25) is 4.98 Å². The largest absolute Gasteiger partial charge is 0.387 e. The second kappa shape index (κ2) is 4.73. The van der Waals surface area contributed by atoms with Gasteiger partial charge in [0.25, 0.3) is 0 Å². The SMILES string of the molecule is CNc1cncc(N2CCCC2C(C)C)c1. The quantitative estimate of drug-likeness (QED) is 0.847. The van der Waals surface area contributed by atoms with E-state index in [1.807, 2.05) is 19.4 Å². The normalized spacial score (nSPS) is 20.5. The van der Waals surface area contributed by atoms with Gasteiger partial charge in [0, 0.05) is 19.6 Å². The molecule has 1 N–H and O–H groups in total. The minimum Gasteiger partial charge on any atom is -0.387 e. The summed E-state index contributed by atoms with van der Waals surface area (Å²) in [7, 11) is 1.94. The third kappa shape index (κ3) is 2.13. The van der Waals surface area contributed by atoms with Gasteiger partial charge < -0.3 is 10.2 Å². The van der Waals surface area contributed by atoms with Gasteiger partial charge in [-0.1, -0.05) is 13.8 Å². The van der Waals surface area contributed by atoms with E-state index in [9.17, 15) is 0 Å². The maximum atomic E-state index is 4.29. The van der Waals surface area contributed by atoms with E-state index in [2.05, 4.69) is 35.1 Å². The zero-order chi connectivity index (χ0) is 11.5. The van der Waals surface area contributed by atoms with Crippen molar-refractivity contribution >= 4 is 11.4 Å². The number of hydrogen-bond acceptors (Lipinski definition) is 3. The van der Waals surface area contributed by atoms with E-state index in [-0.39, 0.29) is 0 Å². The molecular weight excluding hydrogens is 198 g/mol. The van der Waals surface area contributed by atoms with Gasteiger partial charge in [-0.25, -0.2) is 0 Å². The summed E-state index contributed by atoms with van der Waals surface area (Å²) in [6.07, 6.45) is 6.44. The van der Waals surface area contributed by atoms with Crippen molar-refractivity contribution in [2.24, 2.45) is 5.92 Å². The highest BCUT2D eigenvalue weighted by Gasteiger charge is 2.27. The van der Waals surface area contributed by atoms with E-state index >= 15 is 0 Å². The molecule has 0 radical (unpaired) electrons. The van der Waals surface area contributed by atoms with Gasteiger partial charge in [0.2, 0.25) is 0 Å². The molecule has 1 aromatic heterocycles. The minimum atomic E-state index is 0.675. The van der Waals surface area contributed by atoms with Crippen LogP contribution in [0.4, 0.5) is 11.4 Å². The Balaban J connectivity index is 2.22. The summed E-state index contributed by atoms with van der Waals surface area (Å²) in [6.45, 7) is 5.77. The molecule has 2 heterocycles. The van der Waals surface area contributed by atoms with Crippen LogP contribution >= 0.6 is 0 Å². The Morgan fingerprint density at radius 2 is 2.25 bits per heavy atom. The molecule has 88 valence electrons. The lowest BCUT2D eigenvalue weighted by atomic mass is 10.0. The Morgan fingerprint density at radius 3 is 2.94 bits per heavy atom. The van der Waals surface area contributed by atoms with Gasteiger partial charge in [-0.15, -0.1) is 0 Å². The zero-order valence-corrected chi connectivity index (χ0v) is 10.4. The van der Waals surface area contributed by atoms with Crippen molar-refractivity contribution in [1.82, 2.24) is 4.98 Å². The second-order valence-corrected chi connectivity index (χ2v) is 4.83. The highest BCUT2D eigenvalue weighted by Crippen LogP contribution is 2.30. The number of nitrogens with one attached hydrogen (secondary N) is 1. The Labute approximate surface area is 97.9 Å². The summed E-state index contributed by atoms with van der Waals surface area (Å²) in [5, 5.41) is 3.15. The Bertz CT molecular complexity index is 349. The fraction of sp³-hybridized carbons (Fsp3) is 0.615. The molecule has 0 amide bonds. The topological polar surface area (TPSA) is 28.2 Å². The summed E-state index contributed by atoms with van der Waals surface area (Å²) in [4.78, 5) is 6.79. The number of anilines is 2. The highest BCUT2D eigenvalue weighted by atomic mass is 15.2. The van der Waals surface area contributed by atoms with Crippen molar-refractivity contribution in [3.63, 3.8) is 0 Å². The summed E-state index contributed by atoms with van der Waals surface area (Å²) in [5.41, 5.74) is 2.34. The van der Waals surface area contributed by atoms with Crippen LogP contribution in [-0.2, 0) is 0 Å². The van der Waals surface area contributed by atoms with E-state index in [1.165, 1.54) is 18.5 Å². The fourth-order valence-electron chi connectivity index (χ4n) is 2.53. The molecule has 2 rings (SSSR count). The van der Waals surface area contributed by atoms with Crippen molar-refractivity contribution in [1.29, 1.82) is 0 Å². The summed E-state index contributed by atoms with van der Waals surface area (Å²) >= 11 is 0. The molecular formula is C13H21N3. The first-order valence-corrected chi connectivity index (χ1v) is 6.12. The highest BCUT2D eigenvalue weighted by molar-refractivity contribution is 5.56. The third-order valence-electron chi connectivity index (χ3n) is 3.41. The molecule has 1 unspecified atom stereocenters. The number of pyridine rings is 1. The third-order valence-corrected chi connectivity index (χ3v) is 3.41. The van der Waals surface area contributed by atoms with Gasteiger partial charge in [0.1, 0.15) is 0 Å². The van der Waals surface area contributed by atoms with Gasteiger partial charge in [0.05, 0.1) is 23.8 Å². The molecule has 1 atom stereocenters. The Hall–Kier alpha value is -1.25. The van der Waals surface area contributed by atoms with Gasteiger partial charge in [0.15, 0.2) is 0 Å². The van der Waals surface area contributed by atoms with Crippen molar-refractivity contribution in [2.75, 3.05) is 23.8 Å². The first kappa shape index (κ1) is 11.2. The van der Waals surface area contributed by atoms with E-state index < -0.39 is 0 Å². The molecule has 3 nitrogen and oxygen atoms in total. The maximum absolute atomic E-state index is 4.29. The lowest BCUT2D eigenvalue weighted by Gasteiger charge is -2.29. The van der Waals surface area contributed by atoms with Crippen LogP contribution < -0.4 is 10.2 Å². The number of hydrogen-bond donors (Lipinski definition) is 1. The van der Waals surface area contributed by atoms with Crippen molar-refractivity contribution < 1.29 is 0 Å². The van der Waals surface area contributed by atoms with Crippen LogP contribution in [0.1, 0.15) is 26.7 Å². The maximum Gasteiger partial charge on any atom is 0.0576 e. The van der Waals surface area contributed by atoms with E-state index in [1.54, 1.807) is 0 Å². The molecule has 0 aliphatic carbocycles.